The molecular formula is C24H30ClFN4O. The van der Waals surface area contributed by atoms with Crippen molar-refractivity contribution in [2.24, 2.45) is 5.92 Å². The fourth-order valence-corrected chi connectivity index (χ4v) is 4.36. The van der Waals surface area contributed by atoms with Crippen molar-refractivity contribution in [3.05, 3.63) is 51.7 Å². The van der Waals surface area contributed by atoms with E-state index in [1.165, 1.54) is 6.07 Å². The lowest BCUT2D eigenvalue weighted by Gasteiger charge is -2.37. The van der Waals surface area contributed by atoms with Crippen LogP contribution in [0.3, 0.4) is 0 Å². The number of piperazine rings is 1. The predicted octanol–water partition coefficient (Wildman–Crippen LogP) is 4.60. The molecule has 1 aliphatic heterocycles. The van der Waals surface area contributed by atoms with Gasteiger partial charge in [-0.05, 0) is 31.4 Å². The highest BCUT2D eigenvalue weighted by atomic mass is 35.5. The fraction of sp³-hybridized carbons (Fsp3) is 0.542. The average molecular weight is 445 g/mol. The molecular weight excluding hydrogens is 415 g/mol. The molecule has 31 heavy (non-hydrogen) atoms. The van der Waals surface area contributed by atoms with E-state index in [-0.39, 0.29) is 23.6 Å². The molecule has 4 rings (SSSR count). The van der Waals surface area contributed by atoms with Gasteiger partial charge in [-0.3, -0.25) is 4.79 Å². The molecule has 0 atom stereocenters. The van der Waals surface area contributed by atoms with Crippen LogP contribution < -0.4 is 4.90 Å². The second-order valence-electron chi connectivity index (χ2n) is 8.80. The second kappa shape index (κ2) is 9.11. The van der Waals surface area contributed by atoms with Gasteiger partial charge in [-0.15, -0.1) is 0 Å². The first-order valence-corrected chi connectivity index (χ1v) is 11.6. The van der Waals surface area contributed by atoms with Gasteiger partial charge in [0.15, 0.2) is 0 Å². The maximum absolute atomic E-state index is 14.6. The Bertz CT molecular complexity index is 948. The number of aromatic nitrogens is 2. The standard InChI is InChI=1S/C24H30ClFN4O/c1-4-21-18(14-17-19(25)6-5-7-20(17)26)23(28-22(27-21)15(2)3)29-10-12-30(13-11-29)24(31)16-8-9-16/h5-7,15-16H,4,8-14H2,1-3H3. The summed E-state index contributed by atoms with van der Waals surface area (Å²) in [5, 5.41) is 0.417. The van der Waals surface area contributed by atoms with E-state index in [4.69, 9.17) is 21.6 Å². The van der Waals surface area contributed by atoms with E-state index in [1.807, 2.05) is 4.90 Å². The molecule has 2 aliphatic rings. The van der Waals surface area contributed by atoms with E-state index in [0.717, 1.165) is 42.2 Å². The van der Waals surface area contributed by atoms with Crippen LogP contribution in [-0.4, -0.2) is 47.0 Å². The van der Waals surface area contributed by atoms with Crippen molar-refractivity contribution >= 4 is 23.3 Å². The highest BCUT2D eigenvalue weighted by Gasteiger charge is 2.35. The van der Waals surface area contributed by atoms with E-state index in [0.29, 0.717) is 43.2 Å². The number of hydrogen-bond donors (Lipinski definition) is 0. The lowest BCUT2D eigenvalue weighted by Crippen LogP contribution is -2.50. The molecule has 2 heterocycles. The quantitative estimate of drug-likeness (QED) is 0.653. The monoisotopic (exact) mass is 444 g/mol. The molecule has 1 saturated heterocycles. The van der Waals surface area contributed by atoms with Crippen LogP contribution in [0.15, 0.2) is 18.2 Å². The number of anilines is 1. The van der Waals surface area contributed by atoms with E-state index < -0.39 is 0 Å². The number of carbonyl (C=O) groups excluding carboxylic acids is 1. The van der Waals surface area contributed by atoms with Gasteiger partial charge in [0.25, 0.3) is 0 Å². The first-order valence-electron chi connectivity index (χ1n) is 11.2. The van der Waals surface area contributed by atoms with E-state index in [9.17, 15) is 9.18 Å². The Morgan fingerprint density at radius 1 is 1.16 bits per heavy atom. The summed E-state index contributed by atoms with van der Waals surface area (Å²) in [5.74, 6) is 2.06. The maximum Gasteiger partial charge on any atom is 0.225 e. The predicted molar refractivity (Wildman–Crippen MR) is 121 cm³/mol. The van der Waals surface area contributed by atoms with E-state index >= 15 is 0 Å². The number of carbonyl (C=O) groups is 1. The SMILES string of the molecule is CCc1nc(C(C)C)nc(N2CCN(C(=O)C3CC3)CC2)c1Cc1c(F)cccc1Cl. The van der Waals surface area contributed by atoms with Gasteiger partial charge < -0.3 is 9.80 Å². The molecule has 0 N–H and O–H groups in total. The van der Waals surface area contributed by atoms with Crippen molar-refractivity contribution in [2.45, 2.75) is 52.4 Å². The molecule has 1 aromatic heterocycles. The summed E-state index contributed by atoms with van der Waals surface area (Å²) < 4.78 is 14.6. The van der Waals surface area contributed by atoms with Gasteiger partial charge in [0, 0.05) is 66.3 Å². The molecule has 2 aromatic rings. The van der Waals surface area contributed by atoms with E-state index in [1.54, 1.807) is 12.1 Å². The normalized spacial score (nSPS) is 16.8. The summed E-state index contributed by atoms with van der Waals surface area (Å²) in [6.07, 6.45) is 3.13. The Morgan fingerprint density at radius 2 is 1.87 bits per heavy atom. The second-order valence-corrected chi connectivity index (χ2v) is 9.21. The van der Waals surface area contributed by atoms with Crippen LogP contribution in [0, 0.1) is 11.7 Å². The minimum Gasteiger partial charge on any atom is -0.353 e. The summed E-state index contributed by atoms with van der Waals surface area (Å²) >= 11 is 6.35. The van der Waals surface area contributed by atoms with Gasteiger partial charge in [-0.25, -0.2) is 14.4 Å². The van der Waals surface area contributed by atoms with Crippen LogP contribution in [0.25, 0.3) is 0 Å². The molecule has 7 heteroatoms. The number of halogens is 2. The zero-order valence-corrected chi connectivity index (χ0v) is 19.3. The lowest BCUT2D eigenvalue weighted by atomic mass is 10.0. The first-order chi connectivity index (χ1) is 14.9. The van der Waals surface area contributed by atoms with Crippen LogP contribution in [0.1, 0.15) is 62.2 Å². The molecule has 2 fully saturated rings. The van der Waals surface area contributed by atoms with Crippen molar-refractivity contribution < 1.29 is 9.18 Å². The molecule has 0 bridgehead atoms. The third-order valence-electron chi connectivity index (χ3n) is 6.17. The van der Waals surface area contributed by atoms with Crippen LogP contribution in [-0.2, 0) is 17.6 Å². The van der Waals surface area contributed by atoms with Gasteiger partial charge >= 0.3 is 0 Å². The number of hydrogen-bond acceptors (Lipinski definition) is 4. The van der Waals surface area contributed by atoms with Crippen molar-refractivity contribution in [1.29, 1.82) is 0 Å². The van der Waals surface area contributed by atoms with Crippen molar-refractivity contribution in [1.82, 2.24) is 14.9 Å². The number of amides is 1. The number of benzene rings is 1. The fourth-order valence-electron chi connectivity index (χ4n) is 4.13. The lowest BCUT2D eigenvalue weighted by molar-refractivity contribution is -0.132. The molecule has 0 spiro atoms. The van der Waals surface area contributed by atoms with E-state index in [2.05, 4.69) is 25.7 Å². The summed E-state index contributed by atoms with van der Waals surface area (Å²) in [7, 11) is 0. The van der Waals surface area contributed by atoms with Crippen LogP contribution in [0.5, 0.6) is 0 Å². The Hall–Kier alpha value is -2.21. The summed E-state index contributed by atoms with van der Waals surface area (Å²) in [5.41, 5.74) is 2.34. The largest absolute Gasteiger partial charge is 0.353 e. The van der Waals surface area contributed by atoms with Crippen molar-refractivity contribution in [3.63, 3.8) is 0 Å². The van der Waals surface area contributed by atoms with Gasteiger partial charge in [-0.2, -0.15) is 0 Å². The van der Waals surface area contributed by atoms with Gasteiger partial charge in [0.1, 0.15) is 17.5 Å². The Labute approximate surface area is 188 Å². The topological polar surface area (TPSA) is 49.3 Å². The summed E-state index contributed by atoms with van der Waals surface area (Å²) in [6, 6.07) is 4.78. The number of rotatable bonds is 6. The van der Waals surface area contributed by atoms with Crippen molar-refractivity contribution in [3.8, 4) is 0 Å². The Kier molecular flexibility index (Phi) is 6.47. The number of nitrogens with zero attached hydrogens (tertiary/aromatic N) is 4. The molecule has 1 saturated carbocycles. The minimum absolute atomic E-state index is 0.188. The first kappa shape index (κ1) is 22.0. The van der Waals surface area contributed by atoms with Crippen LogP contribution >= 0.6 is 11.6 Å². The molecule has 5 nitrogen and oxygen atoms in total. The van der Waals surface area contributed by atoms with Gasteiger partial charge in [0.2, 0.25) is 5.91 Å². The van der Waals surface area contributed by atoms with Gasteiger partial charge in [0.05, 0.1) is 0 Å². The molecule has 1 amide bonds. The highest BCUT2D eigenvalue weighted by molar-refractivity contribution is 6.31. The maximum atomic E-state index is 14.6. The minimum atomic E-state index is -0.312. The zero-order valence-electron chi connectivity index (χ0n) is 18.5. The third-order valence-corrected chi connectivity index (χ3v) is 6.53. The Morgan fingerprint density at radius 3 is 2.45 bits per heavy atom. The molecule has 0 unspecified atom stereocenters. The number of aryl methyl sites for hydroxylation is 1. The summed E-state index contributed by atoms with van der Waals surface area (Å²) in [6.45, 7) is 9.04. The molecule has 1 aromatic carbocycles. The molecule has 0 radical (unpaired) electrons. The average Bonchev–Trinajstić information content (AvgIpc) is 3.61. The molecule has 166 valence electrons. The van der Waals surface area contributed by atoms with Crippen LogP contribution in [0.2, 0.25) is 5.02 Å². The van der Waals surface area contributed by atoms with Crippen molar-refractivity contribution in [2.75, 3.05) is 31.1 Å². The van der Waals surface area contributed by atoms with Gasteiger partial charge in [-0.1, -0.05) is 38.4 Å². The zero-order chi connectivity index (χ0) is 22.1. The highest BCUT2D eigenvalue weighted by Crippen LogP contribution is 2.33. The smallest absolute Gasteiger partial charge is 0.225 e. The molecule has 1 aliphatic carbocycles. The summed E-state index contributed by atoms with van der Waals surface area (Å²) in [4.78, 5) is 26.4. The Balaban J connectivity index is 1.68. The van der Waals surface area contributed by atoms with Crippen LogP contribution in [0.4, 0.5) is 10.2 Å². The third kappa shape index (κ3) is 4.69.